The number of rotatable bonds is 4. The van der Waals surface area contributed by atoms with E-state index in [0.717, 1.165) is 19.3 Å². The second kappa shape index (κ2) is 5.61. The smallest absolute Gasteiger partial charge is 0.390 e. The molecule has 0 bridgehead atoms. The van der Waals surface area contributed by atoms with Gasteiger partial charge in [0.2, 0.25) is 5.75 Å². The van der Waals surface area contributed by atoms with E-state index in [1.54, 1.807) is 5.06 Å². The molecule has 1 fully saturated rings. The summed E-state index contributed by atoms with van der Waals surface area (Å²) < 4.78 is 0. The van der Waals surface area contributed by atoms with Gasteiger partial charge >= 0.3 is 11.4 Å². The summed E-state index contributed by atoms with van der Waals surface area (Å²) in [5.41, 5.74) is -1.34. The average molecular weight is 266 g/mol. The Kier molecular flexibility index (Phi) is 3.91. The average Bonchev–Trinajstić information content (AvgIpc) is 2.39. The maximum atomic E-state index is 11.0. The second-order valence-corrected chi connectivity index (χ2v) is 4.13. The molecule has 1 saturated heterocycles. The molecule has 0 unspecified atom stereocenters. The number of hydroxylamine groups is 2. The Morgan fingerprint density at radius 3 is 2.42 bits per heavy atom. The molecule has 2 rings (SSSR count). The Morgan fingerprint density at radius 1 is 1.16 bits per heavy atom. The van der Waals surface area contributed by atoms with Crippen LogP contribution in [0.25, 0.3) is 0 Å². The molecule has 0 amide bonds. The highest BCUT2D eigenvalue weighted by atomic mass is 16.7. The molecule has 1 aliphatic heterocycles. The van der Waals surface area contributed by atoms with Gasteiger partial charge in [-0.25, -0.2) is 0 Å². The van der Waals surface area contributed by atoms with E-state index in [2.05, 4.69) is 6.07 Å². The highest BCUT2D eigenvalue weighted by Gasteiger charge is 2.31. The lowest BCUT2D eigenvalue weighted by Crippen LogP contribution is -2.33. The van der Waals surface area contributed by atoms with Gasteiger partial charge in [0.15, 0.2) is 0 Å². The van der Waals surface area contributed by atoms with Crippen LogP contribution >= 0.6 is 0 Å². The summed E-state index contributed by atoms with van der Waals surface area (Å²) in [5, 5.41) is 23.3. The topological polar surface area (TPSA) is 98.8 Å². The molecule has 1 aromatic rings. The second-order valence-electron chi connectivity index (χ2n) is 4.13. The van der Waals surface area contributed by atoms with E-state index in [4.69, 9.17) is 4.84 Å². The van der Waals surface area contributed by atoms with Gasteiger partial charge in [0.1, 0.15) is 0 Å². The summed E-state index contributed by atoms with van der Waals surface area (Å²) >= 11 is 0. The fourth-order valence-electron chi connectivity index (χ4n) is 1.94. The van der Waals surface area contributed by atoms with Crippen LogP contribution in [0.3, 0.4) is 0 Å². The maximum absolute atomic E-state index is 11.0. The van der Waals surface area contributed by atoms with E-state index in [1.807, 2.05) is 0 Å². The number of hydrogen-bond donors (Lipinski definition) is 0. The Hall–Kier alpha value is -2.22. The van der Waals surface area contributed by atoms with Crippen LogP contribution in [-0.2, 0) is 0 Å². The SMILES string of the molecule is O=[N+]([O-])c1[c]ccc(ON2CCCCC2)c1[N+](=O)[O-]. The van der Waals surface area contributed by atoms with E-state index in [1.165, 1.54) is 12.1 Å². The van der Waals surface area contributed by atoms with Crippen molar-refractivity contribution in [3.8, 4) is 5.75 Å². The molecule has 0 atom stereocenters. The highest BCUT2D eigenvalue weighted by Crippen LogP contribution is 2.36. The lowest BCUT2D eigenvalue weighted by atomic mass is 10.2. The predicted molar refractivity (Wildman–Crippen MR) is 64.6 cm³/mol. The van der Waals surface area contributed by atoms with E-state index in [0.29, 0.717) is 13.1 Å². The number of benzene rings is 1. The normalized spacial score (nSPS) is 16.0. The van der Waals surface area contributed by atoms with Crippen molar-refractivity contribution in [1.29, 1.82) is 0 Å². The van der Waals surface area contributed by atoms with Crippen LogP contribution in [0.4, 0.5) is 11.4 Å². The Morgan fingerprint density at radius 2 is 1.84 bits per heavy atom. The van der Waals surface area contributed by atoms with E-state index >= 15 is 0 Å². The quantitative estimate of drug-likeness (QED) is 0.611. The van der Waals surface area contributed by atoms with Crippen molar-refractivity contribution in [2.75, 3.05) is 13.1 Å². The molecule has 101 valence electrons. The minimum atomic E-state index is -0.832. The van der Waals surface area contributed by atoms with Gasteiger partial charge in [-0.3, -0.25) is 20.2 Å². The van der Waals surface area contributed by atoms with Crippen molar-refractivity contribution < 1.29 is 14.7 Å². The fraction of sp³-hybridized carbons (Fsp3) is 0.455. The molecule has 8 nitrogen and oxygen atoms in total. The molecular formula is C11H12N3O5. The molecular weight excluding hydrogens is 254 g/mol. The monoisotopic (exact) mass is 266 g/mol. The zero-order chi connectivity index (χ0) is 13.8. The third-order valence-corrected chi connectivity index (χ3v) is 2.82. The van der Waals surface area contributed by atoms with Gasteiger partial charge in [-0.05, 0) is 25.0 Å². The minimum Gasteiger partial charge on any atom is -0.398 e. The van der Waals surface area contributed by atoms with Crippen molar-refractivity contribution in [1.82, 2.24) is 5.06 Å². The molecule has 0 spiro atoms. The predicted octanol–water partition coefficient (Wildman–Crippen LogP) is 2.08. The van der Waals surface area contributed by atoms with E-state index in [-0.39, 0.29) is 5.75 Å². The zero-order valence-electron chi connectivity index (χ0n) is 10.1. The van der Waals surface area contributed by atoms with E-state index in [9.17, 15) is 20.2 Å². The first-order valence-corrected chi connectivity index (χ1v) is 5.86. The molecule has 0 saturated carbocycles. The lowest BCUT2D eigenvalue weighted by molar-refractivity contribution is -0.423. The summed E-state index contributed by atoms with van der Waals surface area (Å²) in [6.45, 7) is 1.31. The van der Waals surface area contributed by atoms with Crippen LogP contribution in [0.15, 0.2) is 12.1 Å². The molecule has 8 heteroatoms. The third-order valence-electron chi connectivity index (χ3n) is 2.82. The van der Waals surface area contributed by atoms with Crippen molar-refractivity contribution in [3.63, 3.8) is 0 Å². The number of nitro benzene ring substituents is 2. The maximum Gasteiger partial charge on any atom is 0.390 e. The van der Waals surface area contributed by atoms with Crippen LogP contribution in [-0.4, -0.2) is 28.0 Å². The largest absolute Gasteiger partial charge is 0.398 e. The van der Waals surface area contributed by atoms with Gasteiger partial charge < -0.3 is 4.84 Å². The van der Waals surface area contributed by atoms with Crippen LogP contribution in [0.5, 0.6) is 5.75 Å². The van der Waals surface area contributed by atoms with Crippen LogP contribution < -0.4 is 4.84 Å². The molecule has 1 heterocycles. The first-order chi connectivity index (χ1) is 9.09. The fourth-order valence-corrected chi connectivity index (χ4v) is 1.94. The first kappa shape index (κ1) is 13.2. The summed E-state index contributed by atoms with van der Waals surface area (Å²) in [6, 6.07) is 4.83. The number of piperidine rings is 1. The summed E-state index contributed by atoms with van der Waals surface area (Å²) in [4.78, 5) is 25.5. The van der Waals surface area contributed by atoms with E-state index < -0.39 is 21.2 Å². The summed E-state index contributed by atoms with van der Waals surface area (Å²) in [6.07, 6.45) is 2.97. The Bertz CT molecular complexity index is 499. The molecule has 1 radical (unpaired) electrons. The summed E-state index contributed by atoms with van der Waals surface area (Å²) in [5.74, 6) is -0.114. The van der Waals surface area contributed by atoms with Crippen molar-refractivity contribution in [2.45, 2.75) is 19.3 Å². The molecule has 1 aliphatic rings. The number of hydrogen-bond acceptors (Lipinski definition) is 6. The van der Waals surface area contributed by atoms with Crippen molar-refractivity contribution in [2.24, 2.45) is 0 Å². The highest BCUT2D eigenvalue weighted by molar-refractivity contribution is 5.60. The van der Waals surface area contributed by atoms with Crippen molar-refractivity contribution in [3.05, 3.63) is 38.4 Å². The standard InChI is InChI=1S/C11H12N3O5/c15-13(16)9-5-4-6-10(11(9)14(17)18)19-12-7-2-1-3-8-12/h4,6H,1-3,7-8H2. The molecule has 1 aromatic carbocycles. The van der Waals surface area contributed by atoms with Crippen LogP contribution in [0, 0.1) is 26.3 Å². The van der Waals surface area contributed by atoms with Crippen LogP contribution in [0.1, 0.15) is 19.3 Å². The molecule has 0 aliphatic carbocycles. The van der Waals surface area contributed by atoms with Gasteiger partial charge in [-0.1, -0.05) is 6.42 Å². The molecule has 19 heavy (non-hydrogen) atoms. The zero-order valence-corrected chi connectivity index (χ0v) is 10.1. The van der Waals surface area contributed by atoms with Crippen molar-refractivity contribution >= 4 is 11.4 Å². The van der Waals surface area contributed by atoms with Gasteiger partial charge in [-0.15, -0.1) is 5.06 Å². The summed E-state index contributed by atoms with van der Waals surface area (Å²) in [7, 11) is 0. The third kappa shape index (κ3) is 2.97. The number of nitrogens with zero attached hydrogens (tertiary/aromatic N) is 3. The first-order valence-electron chi connectivity index (χ1n) is 5.86. The Balaban J connectivity index is 2.30. The van der Waals surface area contributed by atoms with Gasteiger partial charge in [0.25, 0.3) is 0 Å². The lowest BCUT2D eigenvalue weighted by Gasteiger charge is -2.25. The minimum absolute atomic E-state index is 0.114. The molecule has 0 aromatic heterocycles. The van der Waals surface area contributed by atoms with Gasteiger partial charge in [0.05, 0.1) is 15.9 Å². The molecule has 0 N–H and O–H groups in total. The number of nitro groups is 2. The van der Waals surface area contributed by atoms with Crippen LogP contribution in [0.2, 0.25) is 0 Å². The van der Waals surface area contributed by atoms with Gasteiger partial charge in [-0.2, -0.15) is 0 Å². The van der Waals surface area contributed by atoms with Gasteiger partial charge in [0, 0.05) is 13.1 Å². The Labute approximate surface area is 108 Å².